The van der Waals surface area contributed by atoms with E-state index in [2.05, 4.69) is 36.1 Å². The van der Waals surface area contributed by atoms with Crippen molar-refractivity contribution in [1.29, 1.82) is 0 Å². The summed E-state index contributed by atoms with van der Waals surface area (Å²) >= 11 is 6.16. The van der Waals surface area contributed by atoms with E-state index in [0.717, 1.165) is 23.1 Å². The predicted molar refractivity (Wildman–Crippen MR) is 72.6 cm³/mol. The van der Waals surface area contributed by atoms with E-state index >= 15 is 0 Å². The van der Waals surface area contributed by atoms with Gasteiger partial charge in [-0.15, -0.1) is 0 Å². The molecule has 1 heterocycles. The highest BCUT2D eigenvalue weighted by molar-refractivity contribution is 6.31. The molecule has 17 heavy (non-hydrogen) atoms. The summed E-state index contributed by atoms with van der Waals surface area (Å²) in [6, 6.07) is 5.03. The van der Waals surface area contributed by atoms with Crippen molar-refractivity contribution in [2.75, 3.05) is 11.9 Å². The van der Waals surface area contributed by atoms with Crippen molar-refractivity contribution in [3.05, 3.63) is 22.8 Å². The summed E-state index contributed by atoms with van der Waals surface area (Å²) < 4.78 is 0. The van der Waals surface area contributed by atoms with Crippen molar-refractivity contribution in [1.82, 2.24) is 10.3 Å². The van der Waals surface area contributed by atoms with Crippen LogP contribution < -0.4 is 10.2 Å². The van der Waals surface area contributed by atoms with Gasteiger partial charge < -0.3 is 10.2 Å². The Morgan fingerprint density at radius 3 is 2.76 bits per heavy atom. The molecule has 0 unspecified atom stereocenters. The van der Waals surface area contributed by atoms with Crippen LogP contribution in [0.5, 0.6) is 0 Å². The second-order valence-corrected chi connectivity index (χ2v) is 5.36. The number of halogens is 1. The van der Waals surface area contributed by atoms with Crippen LogP contribution in [0.1, 0.15) is 32.4 Å². The molecule has 1 aliphatic rings. The van der Waals surface area contributed by atoms with Crippen LogP contribution in [0.4, 0.5) is 5.82 Å². The van der Waals surface area contributed by atoms with Crippen LogP contribution in [-0.4, -0.2) is 24.1 Å². The maximum Gasteiger partial charge on any atom is 0.128 e. The Morgan fingerprint density at radius 1 is 1.47 bits per heavy atom. The summed E-state index contributed by atoms with van der Waals surface area (Å²) in [6.07, 6.45) is 2.56. The average molecular weight is 254 g/mol. The first-order valence-electron chi connectivity index (χ1n) is 6.19. The summed E-state index contributed by atoms with van der Waals surface area (Å²) in [6.45, 7) is 5.07. The Hall–Kier alpha value is -0.800. The van der Waals surface area contributed by atoms with Gasteiger partial charge in [0.05, 0.1) is 10.7 Å². The van der Waals surface area contributed by atoms with Crippen LogP contribution in [0, 0.1) is 0 Å². The van der Waals surface area contributed by atoms with Crippen LogP contribution in [-0.2, 0) is 6.54 Å². The van der Waals surface area contributed by atoms with Crippen molar-refractivity contribution in [2.24, 2.45) is 0 Å². The molecule has 0 radical (unpaired) electrons. The topological polar surface area (TPSA) is 28.2 Å². The highest BCUT2D eigenvalue weighted by Gasteiger charge is 2.21. The van der Waals surface area contributed by atoms with Gasteiger partial charge in [-0.3, -0.25) is 0 Å². The number of rotatable bonds is 5. The van der Waals surface area contributed by atoms with E-state index in [9.17, 15) is 0 Å². The summed E-state index contributed by atoms with van der Waals surface area (Å²) in [7, 11) is 2.05. The van der Waals surface area contributed by atoms with Crippen LogP contribution in [0.2, 0.25) is 5.02 Å². The monoisotopic (exact) mass is 253 g/mol. The number of nitrogens with zero attached hydrogens (tertiary/aromatic N) is 2. The lowest BCUT2D eigenvalue weighted by Crippen LogP contribution is -2.27. The number of aromatic nitrogens is 1. The minimum Gasteiger partial charge on any atom is -0.357 e. The molecule has 1 N–H and O–H groups in total. The van der Waals surface area contributed by atoms with Gasteiger partial charge in [0.2, 0.25) is 0 Å². The van der Waals surface area contributed by atoms with E-state index in [0.29, 0.717) is 12.1 Å². The first kappa shape index (κ1) is 12.7. The average Bonchev–Trinajstić information content (AvgIpc) is 3.11. The molecule has 1 aromatic heterocycles. The van der Waals surface area contributed by atoms with Crippen LogP contribution in [0.3, 0.4) is 0 Å². The maximum atomic E-state index is 6.16. The minimum absolute atomic E-state index is 0.438. The molecule has 0 amide bonds. The fourth-order valence-corrected chi connectivity index (χ4v) is 1.76. The number of hydrogen-bond donors (Lipinski definition) is 1. The Morgan fingerprint density at radius 2 is 2.18 bits per heavy atom. The SMILES string of the molecule is CC(C)N(C)c1ccc(Cl)c(CNC2CC2)n1. The zero-order valence-corrected chi connectivity index (χ0v) is 11.5. The maximum absolute atomic E-state index is 6.16. The van der Waals surface area contributed by atoms with Gasteiger partial charge in [-0.05, 0) is 38.8 Å². The third-order valence-corrected chi connectivity index (χ3v) is 3.52. The van der Waals surface area contributed by atoms with Crippen LogP contribution in [0.15, 0.2) is 12.1 Å². The van der Waals surface area contributed by atoms with E-state index in [1.165, 1.54) is 12.8 Å². The molecule has 0 aliphatic heterocycles. The van der Waals surface area contributed by atoms with Gasteiger partial charge in [0.15, 0.2) is 0 Å². The Kier molecular flexibility index (Phi) is 3.89. The van der Waals surface area contributed by atoms with Gasteiger partial charge in [-0.2, -0.15) is 0 Å². The molecule has 3 nitrogen and oxygen atoms in total. The zero-order valence-electron chi connectivity index (χ0n) is 10.7. The van der Waals surface area contributed by atoms with E-state index in [4.69, 9.17) is 11.6 Å². The molecule has 1 saturated carbocycles. The summed E-state index contributed by atoms with van der Waals surface area (Å²) in [5, 5.41) is 4.19. The van der Waals surface area contributed by atoms with Crippen molar-refractivity contribution < 1.29 is 0 Å². The van der Waals surface area contributed by atoms with Crippen molar-refractivity contribution in [3.63, 3.8) is 0 Å². The molecule has 0 aromatic carbocycles. The lowest BCUT2D eigenvalue weighted by Gasteiger charge is -2.23. The van der Waals surface area contributed by atoms with E-state index in [1.54, 1.807) is 0 Å². The molecule has 1 aliphatic carbocycles. The number of pyridine rings is 1. The second-order valence-electron chi connectivity index (χ2n) is 4.96. The zero-order chi connectivity index (χ0) is 12.4. The molecule has 0 bridgehead atoms. The standard InChI is InChI=1S/C13H20ClN3/c1-9(2)17(3)13-7-6-11(14)12(16-13)8-15-10-4-5-10/h6-7,9-10,15H,4-5,8H2,1-3H3. The van der Waals surface area contributed by atoms with Gasteiger partial charge in [-0.25, -0.2) is 4.98 Å². The largest absolute Gasteiger partial charge is 0.357 e. The van der Waals surface area contributed by atoms with Crippen LogP contribution >= 0.6 is 11.6 Å². The number of hydrogen-bond acceptors (Lipinski definition) is 3. The first-order valence-corrected chi connectivity index (χ1v) is 6.57. The van der Waals surface area contributed by atoms with Crippen molar-refractivity contribution in [2.45, 2.75) is 45.3 Å². The molecule has 0 spiro atoms. The normalized spacial score (nSPS) is 15.4. The first-order chi connectivity index (χ1) is 8.08. The van der Waals surface area contributed by atoms with Gasteiger partial charge in [0, 0.05) is 25.7 Å². The van der Waals surface area contributed by atoms with Crippen LogP contribution in [0.25, 0.3) is 0 Å². The number of anilines is 1. The molecule has 1 fully saturated rings. The fraction of sp³-hybridized carbons (Fsp3) is 0.615. The van der Waals surface area contributed by atoms with Gasteiger partial charge in [-0.1, -0.05) is 11.6 Å². The third kappa shape index (κ3) is 3.33. The minimum atomic E-state index is 0.438. The molecule has 0 atom stereocenters. The third-order valence-electron chi connectivity index (χ3n) is 3.18. The smallest absolute Gasteiger partial charge is 0.128 e. The van der Waals surface area contributed by atoms with E-state index in [-0.39, 0.29) is 0 Å². The molecular formula is C13H20ClN3. The van der Waals surface area contributed by atoms with E-state index < -0.39 is 0 Å². The molecule has 4 heteroatoms. The quantitative estimate of drug-likeness (QED) is 0.875. The Balaban J connectivity index is 2.09. The van der Waals surface area contributed by atoms with Gasteiger partial charge in [0.1, 0.15) is 5.82 Å². The lowest BCUT2D eigenvalue weighted by molar-refractivity contribution is 0.670. The predicted octanol–water partition coefficient (Wildman–Crippen LogP) is 2.83. The fourth-order valence-electron chi connectivity index (χ4n) is 1.59. The molecule has 2 rings (SSSR count). The number of nitrogens with one attached hydrogen (secondary N) is 1. The van der Waals surface area contributed by atoms with E-state index in [1.807, 2.05) is 12.1 Å². The second kappa shape index (κ2) is 5.23. The highest BCUT2D eigenvalue weighted by atomic mass is 35.5. The highest BCUT2D eigenvalue weighted by Crippen LogP contribution is 2.22. The summed E-state index contributed by atoms with van der Waals surface area (Å²) in [4.78, 5) is 6.77. The molecule has 1 aromatic rings. The summed E-state index contributed by atoms with van der Waals surface area (Å²) in [5.74, 6) is 0.983. The van der Waals surface area contributed by atoms with Gasteiger partial charge in [0.25, 0.3) is 0 Å². The molecule has 94 valence electrons. The Labute approximate surface area is 108 Å². The molecule has 0 saturated heterocycles. The summed E-state index contributed by atoms with van der Waals surface area (Å²) in [5.41, 5.74) is 0.948. The Bertz CT molecular complexity index is 388. The lowest BCUT2D eigenvalue weighted by atomic mass is 10.3. The molecular weight excluding hydrogens is 234 g/mol. The van der Waals surface area contributed by atoms with Crippen molar-refractivity contribution in [3.8, 4) is 0 Å². The van der Waals surface area contributed by atoms with Crippen molar-refractivity contribution >= 4 is 17.4 Å². The van der Waals surface area contributed by atoms with Gasteiger partial charge >= 0.3 is 0 Å².